The van der Waals surface area contributed by atoms with E-state index in [-0.39, 0.29) is 25.1 Å². The molecule has 116 valence electrons. The maximum atomic E-state index is 12.3. The molecule has 0 fully saturated rings. The van der Waals surface area contributed by atoms with Crippen molar-refractivity contribution in [2.45, 2.75) is 33.2 Å². The molecule has 1 rings (SSSR count). The van der Waals surface area contributed by atoms with Crippen LogP contribution < -0.4 is 4.74 Å². The number of amides is 1. The van der Waals surface area contributed by atoms with Gasteiger partial charge in [-0.25, -0.2) is 0 Å². The molecule has 0 saturated heterocycles. The van der Waals surface area contributed by atoms with Gasteiger partial charge in [0.05, 0.1) is 5.92 Å². The van der Waals surface area contributed by atoms with Gasteiger partial charge in [-0.05, 0) is 25.5 Å². The number of ether oxygens (including phenoxy) is 1. The van der Waals surface area contributed by atoms with Crippen LogP contribution in [-0.4, -0.2) is 41.1 Å². The van der Waals surface area contributed by atoms with Crippen LogP contribution in [0.25, 0.3) is 0 Å². The number of benzene rings is 1. The molecule has 0 bridgehead atoms. The highest BCUT2D eigenvalue weighted by atomic mass is 16.5. The molecule has 0 aromatic heterocycles. The molecule has 0 aliphatic heterocycles. The zero-order valence-corrected chi connectivity index (χ0v) is 12.8. The topological polar surface area (TPSA) is 66.8 Å². The molecular weight excluding hydrogens is 270 g/mol. The van der Waals surface area contributed by atoms with Crippen LogP contribution in [0.1, 0.15) is 27.2 Å². The summed E-state index contributed by atoms with van der Waals surface area (Å²) in [5.74, 6) is -1.07. The number of nitrogens with zero attached hydrogens (tertiary/aromatic N) is 1. The molecule has 1 aromatic carbocycles. The Hall–Kier alpha value is -2.04. The first-order chi connectivity index (χ1) is 9.95. The zero-order valence-electron chi connectivity index (χ0n) is 12.8. The maximum absolute atomic E-state index is 12.3. The Bertz CT molecular complexity index is 461. The molecule has 1 amide bonds. The number of carbonyl (C=O) groups excluding carboxylic acids is 1. The average Bonchev–Trinajstić information content (AvgIpc) is 2.50. The summed E-state index contributed by atoms with van der Waals surface area (Å²) >= 11 is 0. The van der Waals surface area contributed by atoms with E-state index in [0.717, 1.165) is 6.42 Å². The molecule has 0 aliphatic carbocycles. The third kappa shape index (κ3) is 5.45. The largest absolute Gasteiger partial charge is 0.484 e. The molecule has 21 heavy (non-hydrogen) atoms. The van der Waals surface area contributed by atoms with E-state index in [9.17, 15) is 9.59 Å². The first kappa shape index (κ1) is 17.0. The van der Waals surface area contributed by atoms with Crippen LogP contribution in [-0.2, 0) is 9.59 Å². The number of hydrogen-bond acceptors (Lipinski definition) is 3. The molecule has 2 unspecified atom stereocenters. The quantitative estimate of drug-likeness (QED) is 0.799. The fourth-order valence-corrected chi connectivity index (χ4v) is 1.87. The fourth-order valence-electron chi connectivity index (χ4n) is 1.87. The van der Waals surface area contributed by atoms with Gasteiger partial charge in [0, 0.05) is 12.6 Å². The normalized spacial score (nSPS) is 13.3. The Labute approximate surface area is 125 Å². The Morgan fingerprint density at radius 2 is 1.86 bits per heavy atom. The van der Waals surface area contributed by atoms with Crippen LogP contribution in [0.3, 0.4) is 0 Å². The van der Waals surface area contributed by atoms with Crippen molar-refractivity contribution in [1.29, 1.82) is 0 Å². The second-order valence-corrected chi connectivity index (χ2v) is 5.14. The first-order valence-corrected chi connectivity index (χ1v) is 7.15. The number of rotatable bonds is 8. The maximum Gasteiger partial charge on any atom is 0.308 e. The molecule has 0 spiro atoms. The van der Waals surface area contributed by atoms with Gasteiger partial charge in [0.25, 0.3) is 5.91 Å². The van der Waals surface area contributed by atoms with Gasteiger partial charge in [-0.2, -0.15) is 0 Å². The van der Waals surface area contributed by atoms with Gasteiger partial charge in [-0.3, -0.25) is 9.59 Å². The third-order valence-corrected chi connectivity index (χ3v) is 3.44. The Kier molecular flexibility index (Phi) is 6.72. The van der Waals surface area contributed by atoms with Gasteiger partial charge in [0.1, 0.15) is 5.75 Å². The van der Waals surface area contributed by atoms with Gasteiger partial charge >= 0.3 is 5.97 Å². The molecule has 1 N–H and O–H groups in total. The van der Waals surface area contributed by atoms with Crippen molar-refractivity contribution in [1.82, 2.24) is 4.90 Å². The summed E-state index contributed by atoms with van der Waals surface area (Å²) in [6.45, 7) is 5.59. The minimum absolute atomic E-state index is 0.0151. The van der Waals surface area contributed by atoms with Crippen molar-refractivity contribution in [2.75, 3.05) is 13.2 Å². The SMILES string of the molecule is CCC(C)N(CC(C)C(=O)O)C(=O)COc1ccccc1. The van der Waals surface area contributed by atoms with Crippen LogP contribution >= 0.6 is 0 Å². The Balaban J connectivity index is 2.65. The lowest BCUT2D eigenvalue weighted by Crippen LogP contribution is -2.44. The van der Waals surface area contributed by atoms with E-state index < -0.39 is 11.9 Å². The molecule has 0 radical (unpaired) electrons. The summed E-state index contributed by atoms with van der Waals surface area (Å²) < 4.78 is 5.45. The number of para-hydroxylation sites is 1. The smallest absolute Gasteiger partial charge is 0.308 e. The van der Waals surface area contributed by atoms with Crippen LogP contribution in [0.15, 0.2) is 30.3 Å². The summed E-state index contributed by atoms with van der Waals surface area (Å²) in [6.07, 6.45) is 0.767. The number of carboxylic acids is 1. The van der Waals surface area contributed by atoms with Gasteiger partial charge in [0.2, 0.25) is 0 Å². The molecule has 0 aliphatic rings. The molecule has 2 atom stereocenters. The van der Waals surface area contributed by atoms with Crippen molar-refractivity contribution in [2.24, 2.45) is 5.92 Å². The third-order valence-electron chi connectivity index (χ3n) is 3.44. The lowest BCUT2D eigenvalue weighted by atomic mass is 10.1. The highest BCUT2D eigenvalue weighted by Gasteiger charge is 2.24. The number of carboxylic acid groups (broad SMARTS) is 1. The second-order valence-electron chi connectivity index (χ2n) is 5.14. The summed E-state index contributed by atoms with van der Waals surface area (Å²) in [7, 11) is 0. The van der Waals surface area contributed by atoms with E-state index in [1.807, 2.05) is 32.0 Å². The molecular formula is C16H23NO4. The summed E-state index contributed by atoms with van der Waals surface area (Å²) in [6, 6.07) is 9.08. The Morgan fingerprint density at radius 3 is 2.38 bits per heavy atom. The monoisotopic (exact) mass is 293 g/mol. The van der Waals surface area contributed by atoms with E-state index in [1.165, 1.54) is 0 Å². The molecule has 0 saturated carbocycles. The van der Waals surface area contributed by atoms with Crippen molar-refractivity contribution in [3.8, 4) is 5.75 Å². The van der Waals surface area contributed by atoms with E-state index in [1.54, 1.807) is 24.0 Å². The van der Waals surface area contributed by atoms with Gasteiger partial charge < -0.3 is 14.7 Å². The lowest BCUT2D eigenvalue weighted by Gasteiger charge is -2.30. The van der Waals surface area contributed by atoms with E-state index in [4.69, 9.17) is 9.84 Å². The fraction of sp³-hybridized carbons (Fsp3) is 0.500. The minimum atomic E-state index is -0.903. The van der Waals surface area contributed by atoms with E-state index in [0.29, 0.717) is 5.75 Å². The predicted molar refractivity (Wildman–Crippen MR) is 80.2 cm³/mol. The van der Waals surface area contributed by atoms with Crippen LogP contribution in [0, 0.1) is 5.92 Å². The standard InChI is InChI=1S/C16H23NO4/c1-4-13(3)17(10-12(2)16(19)20)15(18)11-21-14-8-6-5-7-9-14/h5-9,12-13H,4,10-11H2,1-3H3,(H,19,20). The van der Waals surface area contributed by atoms with E-state index >= 15 is 0 Å². The van der Waals surface area contributed by atoms with E-state index in [2.05, 4.69) is 0 Å². The summed E-state index contributed by atoms with van der Waals surface area (Å²) in [5, 5.41) is 9.01. The molecule has 1 aromatic rings. The Morgan fingerprint density at radius 1 is 1.24 bits per heavy atom. The van der Waals surface area contributed by atoms with Crippen LogP contribution in [0.4, 0.5) is 0 Å². The molecule has 5 nitrogen and oxygen atoms in total. The number of aliphatic carboxylic acids is 1. The molecule has 0 heterocycles. The average molecular weight is 293 g/mol. The summed E-state index contributed by atoms with van der Waals surface area (Å²) in [5.41, 5.74) is 0. The van der Waals surface area contributed by atoms with Crippen LogP contribution in [0.5, 0.6) is 5.75 Å². The van der Waals surface area contributed by atoms with Gasteiger partial charge in [-0.1, -0.05) is 32.0 Å². The number of hydrogen-bond donors (Lipinski definition) is 1. The van der Waals surface area contributed by atoms with Crippen molar-refractivity contribution >= 4 is 11.9 Å². The highest BCUT2D eigenvalue weighted by Crippen LogP contribution is 2.12. The van der Waals surface area contributed by atoms with Crippen molar-refractivity contribution in [3.05, 3.63) is 30.3 Å². The number of carbonyl (C=O) groups is 2. The molecule has 5 heteroatoms. The van der Waals surface area contributed by atoms with Gasteiger partial charge in [-0.15, -0.1) is 0 Å². The second kappa shape index (κ2) is 8.29. The highest BCUT2D eigenvalue weighted by molar-refractivity contribution is 5.79. The zero-order chi connectivity index (χ0) is 15.8. The van der Waals surface area contributed by atoms with Gasteiger partial charge in [0.15, 0.2) is 6.61 Å². The van der Waals surface area contributed by atoms with Crippen molar-refractivity contribution in [3.63, 3.8) is 0 Å². The summed E-state index contributed by atoms with van der Waals surface area (Å²) in [4.78, 5) is 24.8. The van der Waals surface area contributed by atoms with Crippen LogP contribution in [0.2, 0.25) is 0 Å². The first-order valence-electron chi connectivity index (χ1n) is 7.15. The van der Waals surface area contributed by atoms with Crippen molar-refractivity contribution < 1.29 is 19.4 Å². The minimum Gasteiger partial charge on any atom is -0.484 e. The predicted octanol–water partition coefficient (Wildman–Crippen LogP) is 2.41. The lowest BCUT2D eigenvalue weighted by molar-refractivity contribution is -0.144.